The van der Waals surface area contributed by atoms with Crippen LogP contribution in [0.1, 0.15) is 18.0 Å². The first-order valence-electron chi connectivity index (χ1n) is 4.42. The third-order valence-corrected chi connectivity index (χ3v) is 2.38. The number of β-amino-alcohol motifs (C(OH)–C–C–N with tert-alkyl or cyclic N) is 1. The van der Waals surface area contributed by atoms with E-state index >= 15 is 0 Å². The second-order valence-electron chi connectivity index (χ2n) is 3.40. The molecule has 0 unspecified atom stereocenters. The van der Waals surface area contributed by atoms with Gasteiger partial charge in [0.05, 0.1) is 6.10 Å². The first-order chi connectivity index (χ1) is 6.25. The predicted octanol–water partition coefficient (Wildman–Crippen LogP) is 1.22. The summed E-state index contributed by atoms with van der Waals surface area (Å²) in [6, 6.07) is 6.58. The fourth-order valence-corrected chi connectivity index (χ4v) is 1.67. The van der Waals surface area contributed by atoms with Crippen molar-refractivity contribution in [3.63, 3.8) is 0 Å². The molecule has 0 aromatic heterocycles. The van der Waals surface area contributed by atoms with Crippen molar-refractivity contribution in [1.29, 1.82) is 0 Å². The smallest absolute Gasteiger partial charge is 0.123 e. The molecule has 1 aliphatic heterocycles. The van der Waals surface area contributed by atoms with Gasteiger partial charge in [0.2, 0.25) is 0 Å². The number of hydrogen-bond donors (Lipinski definition) is 2. The topological polar surface area (TPSA) is 32.3 Å². The Morgan fingerprint density at radius 2 is 2.00 bits per heavy atom. The molecular weight excluding hydrogens is 169 g/mol. The normalized spacial score (nSPS) is 27.8. The second kappa shape index (κ2) is 3.44. The van der Waals surface area contributed by atoms with Gasteiger partial charge in [-0.25, -0.2) is 4.39 Å². The lowest BCUT2D eigenvalue weighted by Crippen LogP contribution is -2.14. The quantitative estimate of drug-likeness (QED) is 0.682. The molecule has 3 heteroatoms. The molecule has 0 spiro atoms. The lowest BCUT2D eigenvalue weighted by atomic mass is 10.1. The van der Waals surface area contributed by atoms with Crippen molar-refractivity contribution in [2.45, 2.75) is 18.6 Å². The van der Waals surface area contributed by atoms with Gasteiger partial charge in [-0.3, -0.25) is 0 Å². The fraction of sp³-hybridized carbons (Fsp3) is 0.400. The number of halogens is 1. The summed E-state index contributed by atoms with van der Waals surface area (Å²) in [6.45, 7) is 0.627. The van der Waals surface area contributed by atoms with Crippen LogP contribution in [0.5, 0.6) is 0 Å². The van der Waals surface area contributed by atoms with E-state index in [-0.39, 0.29) is 18.0 Å². The minimum absolute atomic E-state index is 0.176. The molecule has 1 aromatic carbocycles. The number of rotatable bonds is 1. The van der Waals surface area contributed by atoms with Gasteiger partial charge in [-0.15, -0.1) is 0 Å². The maximum atomic E-state index is 12.6. The fourth-order valence-electron chi connectivity index (χ4n) is 1.67. The summed E-state index contributed by atoms with van der Waals surface area (Å²) < 4.78 is 12.6. The van der Waals surface area contributed by atoms with E-state index in [1.807, 2.05) is 0 Å². The van der Waals surface area contributed by atoms with Crippen molar-refractivity contribution < 1.29 is 9.50 Å². The molecule has 0 aliphatic carbocycles. The Labute approximate surface area is 76.4 Å². The number of aliphatic hydroxyl groups excluding tert-OH is 1. The Morgan fingerprint density at radius 3 is 2.54 bits per heavy atom. The minimum atomic E-state index is -0.268. The minimum Gasteiger partial charge on any atom is -0.392 e. The van der Waals surface area contributed by atoms with E-state index < -0.39 is 0 Å². The first-order valence-corrected chi connectivity index (χ1v) is 4.42. The number of benzene rings is 1. The van der Waals surface area contributed by atoms with E-state index in [0.29, 0.717) is 13.0 Å². The Balaban J connectivity index is 2.13. The molecule has 1 aliphatic rings. The van der Waals surface area contributed by atoms with Crippen LogP contribution in [0.4, 0.5) is 4.39 Å². The molecule has 2 rings (SSSR count). The average molecular weight is 181 g/mol. The monoisotopic (exact) mass is 181 g/mol. The lowest BCUT2D eigenvalue weighted by Gasteiger charge is -2.09. The number of nitrogens with one attached hydrogen (secondary N) is 1. The second-order valence-corrected chi connectivity index (χ2v) is 3.40. The molecule has 2 nitrogen and oxygen atoms in total. The van der Waals surface area contributed by atoms with Gasteiger partial charge in [0.1, 0.15) is 5.82 Å². The molecule has 1 aromatic rings. The van der Waals surface area contributed by atoms with Gasteiger partial charge in [-0.2, -0.15) is 0 Å². The Kier molecular flexibility index (Phi) is 2.29. The zero-order chi connectivity index (χ0) is 9.26. The van der Waals surface area contributed by atoms with Crippen LogP contribution < -0.4 is 5.32 Å². The van der Waals surface area contributed by atoms with Crippen molar-refractivity contribution in [1.82, 2.24) is 5.32 Å². The van der Waals surface area contributed by atoms with Crippen LogP contribution in [0.3, 0.4) is 0 Å². The molecule has 70 valence electrons. The third kappa shape index (κ3) is 1.87. The molecule has 1 saturated heterocycles. The van der Waals surface area contributed by atoms with Gasteiger partial charge in [-0.1, -0.05) is 12.1 Å². The van der Waals surface area contributed by atoms with E-state index in [4.69, 9.17) is 0 Å². The summed E-state index contributed by atoms with van der Waals surface area (Å²) >= 11 is 0. The maximum Gasteiger partial charge on any atom is 0.123 e. The summed E-state index contributed by atoms with van der Waals surface area (Å²) in [6.07, 6.45) is 0.445. The summed E-state index contributed by atoms with van der Waals surface area (Å²) in [5.41, 5.74) is 1.04. The van der Waals surface area contributed by atoms with E-state index in [1.165, 1.54) is 12.1 Å². The van der Waals surface area contributed by atoms with Crippen LogP contribution in [0.25, 0.3) is 0 Å². The van der Waals surface area contributed by atoms with E-state index in [2.05, 4.69) is 5.32 Å². The predicted molar refractivity (Wildman–Crippen MR) is 47.8 cm³/mol. The van der Waals surface area contributed by atoms with Gasteiger partial charge in [0.15, 0.2) is 0 Å². The third-order valence-electron chi connectivity index (χ3n) is 2.38. The Morgan fingerprint density at radius 1 is 1.31 bits per heavy atom. The van der Waals surface area contributed by atoms with Crippen molar-refractivity contribution in [3.8, 4) is 0 Å². The first kappa shape index (κ1) is 8.66. The molecule has 0 saturated carbocycles. The molecule has 13 heavy (non-hydrogen) atoms. The van der Waals surface area contributed by atoms with Gasteiger partial charge in [-0.05, 0) is 24.1 Å². The molecule has 0 bridgehead atoms. The highest BCUT2D eigenvalue weighted by Crippen LogP contribution is 2.23. The molecule has 2 atom stereocenters. The van der Waals surface area contributed by atoms with E-state index in [0.717, 1.165) is 5.56 Å². The van der Waals surface area contributed by atoms with Crippen LogP contribution in [-0.2, 0) is 0 Å². The summed E-state index contributed by atoms with van der Waals surface area (Å²) in [5.74, 6) is -0.220. The SMILES string of the molecule is O[C@H]1CN[C@H](c2ccc(F)cc2)C1. The molecule has 0 radical (unpaired) electrons. The van der Waals surface area contributed by atoms with Crippen LogP contribution in [0.15, 0.2) is 24.3 Å². The van der Waals surface area contributed by atoms with Crippen molar-refractivity contribution >= 4 is 0 Å². The highest BCUT2D eigenvalue weighted by atomic mass is 19.1. The lowest BCUT2D eigenvalue weighted by molar-refractivity contribution is 0.193. The van der Waals surface area contributed by atoms with Crippen molar-refractivity contribution in [2.75, 3.05) is 6.54 Å². The standard InChI is InChI=1S/C10H12FNO/c11-8-3-1-7(2-4-8)10-5-9(13)6-12-10/h1-4,9-10,12-13H,5-6H2/t9-,10+/m1/s1. The van der Waals surface area contributed by atoms with Gasteiger partial charge < -0.3 is 10.4 Å². The van der Waals surface area contributed by atoms with Gasteiger partial charge >= 0.3 is 0 Å². The molecular formula is C10H12FNO. The average Bonchev–Trinajstić information content (AvgIpc) is 2.53. The van der Waals surface area contributed by atoms with Gasteiger partial charge in [0.25, 0.3) is 0 Å². The highest BCUT2D eigenvalue weighted by molar-refractivity contribution is 5.21. The highest BCUT2D eigenvalue weighted by Gasteiger charge is 2.22. The van der Waals surface area contributed by atoms with Crippen LogP contribution in [-0.4, -0.2) is 17.8 Å². The van der Waals surface area contributed by atoms with Crippen molar-refractivity contribution in [3.05, 3.63) is 35.6 Å². The van der Waals surface area contributed by atoms with Gasteiger partial charge in [0, 0.05) is 12.6 Å². The zero-order valence-electron chi connectivity index (χ0n) is 7.20. The number of hydrogen-bond acceptors (Lipinski definition) is 2. The summed E-state index contributed by atoms with van der Waals surface area (Å²) in [7, 11) is 0. The Hall–Kier alpha value is -0.930. The largest absolute Gasteiger partial charge is 0.392 e. The van der Waals surface area contributed by atoms with Crippen LogP contribution >= 0.6 is 0 Å². The van der Waals surface area contributed by atoms with Crippen LogP contribution in [0.2, 0.25) is 0 Å². The molecule has 2 N–H and O–H groups in total. The Bertz CT molecular complexity index is 285. The molecule has 1 fully saturated rings. The molecule has 0 amide bonds. The van der Waals surface area contributed by atoms with Crippen molar-refractivity contribution in [2.24, 2.45) is 0 Å². The number of aliphatic hydroxyl groups is 1. The van der Waals surface area contributed by atoms with Crippen LogP contribution in [0, 0.1) is 5.82 Å². The summed E-state index contributed by atoms with van der Waals surface area (Å²) in [5, 5.41) is 12.4. The zero-order valence-corrected chi connectivity index (χ0v) is 7.20. The summed E-state index contributed by atoms with van der Waals surface area (Å²) in [4.78, 5) is 0. The maximum absolute atomic E-state index is 12.6. The molecule has 1 heterocycles. The van der Waals surface area contributed by atoms with E-state index in [1.54, 1.807) is 12.1 Å². The van der Waals surface area contributed by atoms with E-state index in [9.17, 15) is 9.50 Å².